The lowest BCUT2D eigenvalue weighted by molar-refractivity contribution is 0.458. The predicted molar refractivity (Wildman–Crippen MR) is 102 cm³/mol. The molecule has 0 radical (unpaired) electrons. The average molecular weight is 347 g/mol. The first kappa shape index (κ1) is 18.7. The van der Waals surface area contributed by atoms with Gasteiger partial charge in [-0.15, -0.1) is 0 Å². The highest BCUT2D eigenvalue weighted by Gasteiger charge is 2.18. The van der Waals surface area contributed by atoms with E-state index >= 15 is 0 Å². The van der Waals surface area contributed by atoms with Gasteiger partial charge in [0.25, 0.3) is 0 Å². The normalized spacial score (nSPS) is 11.5. The van der Waals surface area contributed by atoms with Crippen molar-refractivity contribution in [2.45, 2.75) is 59.8 Å². The summed E-state index contributed by atoms with van der Waals surface area (Å²) in [5, 5.41) is 21.6. The molecule has 2 nitrogen and oxygen atoms in total. The molecule has 0 fully saturated rings. The van der Waals surface area contributed by atoms with E-state index in [-0.39, 0.29) is 11.8 Å². The minimum absolute atomic E-state index is 0.203. The Morgan fingerprint density at radius 1 is 0.917 bits per heavy atom. The molecule has 0 aliphatic rings. The van der Waals surface area contributed by atoms with E-state index in [9.17, 15) is 10.2 Å². The van der Waals surface area contributed by atoms with Crippen LogP contribution in [0.3, 0.4) is 0 Å². The van der Waals surface area contributed by atoms with Crippen molar-refractivity contribution < 1.29 is 10.2 Å². The van der Waals surface area contributed by atoms with Gasteiger partial charge in [0.05, 0.1) is 0 Å². The molecule has 0 unspecified atom stereocenters. The van der Waals surface area contributed by atoms with Gasteiger partial charge in [0.2, 0.25) is 0 Å². The quantitative estimate of drug-likeness (QED) is 0.691. The van der Waals surface area contributed by atoms with E-state index in [1.54, 1.807) is 0 Å². The number of rotatable bonds is 4. The molecular weight excluding hydrogens is 320 g/mol. The van der Waals surface area contributed by atoms with E-state index in [4.69, 9.17) is 11.6 Å². The molecule has 2 aromatic rings. The minimum atomic E-state index is 0.203. The summed E-state index contributed by atoms with van der Waals surface area (Å²) in [6.07, 6.45) is 0.601. The molecule has 130 valence electrons. The van der Waals surface area contributed by atoms with Gasteiger partial charge in [0.15, 0.2) is 0 Å². The first-order valence-electron chi connectivity index (χ1n) is 8.46. The summed E-state index contributed by atoms with van der Waals surface area (Å²) in [6.45, 7) is 12.2. The van der Waals surface area contributed by atoms with E-state index in [1.807, 2.05) is 45.9 Å². The lowest BCUT2D eigenvalue weighted by atomic mass is 9.89. The summed E-state index contributed by atoms with van der Waals surface area (Å²) in [6, 6.07) is 5.72. The number of phenolic OH excluding ortho intramolecular Hbond substituents is 2. The topological polar surface area (TPSA) is 40.5 Å². The van der Waals surface area contributed by atoms with E-state index in [1.165, 1.54) is 0 Å². The monoisotopic (exact) mass is 346 g/mol. The van der Waals surface area contributed by atoms with E-state index in [0.29, 0.717) is 22.9 Å². The highest BCUT2D eigenvalue weighted by Crippen LogP contribution is 2.38. The van der Waals surface area contributed by atoms with E-state index < -0.39 is 0 Å². The third kappa shape index (κ3) is 3.54. The highest BCUT2D eigenvalue weighted by atomic mass is 35.5. The fourth-order valence-corrected chi connectivity index (χ4v) is 3.30. The fourth-order valence-electron chi connectivity index (χ4n) is 3.07. The second kappa shape index (κ2) is 7.06. The van der Waals surface area contributed by atoms with Crippen molar-refractivity contribution in [3.8, 4) is 11.5 Å². The molecule has 24 heavy (non-hydrogen) atoms. The Balaban J connectivity index is 2.58. The molecule has 0 saturated heterocycles. The molecule has 0 atom stereocenters. The zero-order valence-electron chi connectivity index (χ0n) is 15.4. The Labute approximate surface area is 150 Å². The minimum Gasteiger partial charge on any atom is -0.508 e. The molecule has 0 aliphatic carbocycles. The smallest absolute Gasteiger partial charge is 0.122 e. The molecule has 0 saturated carbocycles. The van der Waals surface area contributed by atoms with Crippen LogP contribution in [0.15, 0.2) is 18.2 Å². The van der Waals surface area contributed by atoms with Gasteiger partial charge in [0, 0.05) is 17.0 Å². The molecule has 0 bridgehead atoms. The summed E-state index contributed by atoms with van der Waals surface area (Å²) in [5.74, 6) is 1.12. The van der Waals surface area contributed by atoms with Gasteiger partial charge in [0.1, 0.15) is 11.5 Å². The first-order chi connectivity index (χ1) is 11.1. The van der Waals surface area contributed by atoms with Crippen molar-refractivity contribution in [2.24, 2.45) is 0 Å². The van der Waals surface area contributed by atoms with Crippen molar-refractivity contribution in [3.63, 3.8) is 0 Å². The van der Waals surface area contributed by atoms with Crippen LogP contribution in [0.5, 0.6) is 11.5 Å². The third-order valence-electron chi connectivity index (χ3n) is 4.75. The average Bonchev–Trinajstić information content (AvgIpc) is 2.48. The number of benzene rings is 2. The molecule has 3 heteroatoms. The van der Waals surface area contributed by atoms with Crippen LogP contribution in [0.25, 0.3) is 0 Å². The SMILES string of the molecule is Cc1cc(O)c(C(C)C)cc1Cc1c(C)c(Cl)cc(C(C)C)c1O. The van der Waals surface area contributed by atoms with Crippen LogP contribution in [0.1, 0.15) is 72.9 Å². The lowest BCUT2D eigenvalue weighted by Crippen LogP contribution is -2.02. The maximum absolute atomic E-state index is 10.7. The van der Waals surface area contributed by atoms with Crippen LogP contribution in [0.2, 0.25) is 5.02 Å². The number of hydrogen-bond acceptors (Lipinski definition) is 2. The maximum Gasteiger partial charge on any atom is 0.122 e. The van der Waals surface area contributed by atoms with Crippen molar-refractivity contribution in [1.29, 1.82) is 0 Å². The van der Waals surface area contributed by atoms with Crippen LogP contribution < -0.4 is 0 Å². The molecule has 0 aliphatic heterocycles. The molecule has 2 rings (SSSR count). The third-order valence-corrected chi connectivity index (χ3v) is 5.14. The van der Waals surface area contributed by atoms with Gasteiger partial charge in [-0.25, -0.2) is 0 Å². The Bertz CT molecular complexity index is 761. The fraction of sp³-hybridized carbons (Fsp3) is 0.429. The maximum atomic E-state index is 10.7. The van der Waals surface area contributed by atoms with Crippen LogP contribution in [0.4, 0.5) is 0 Å². The molecular formula is C21H27ClO2. The van der Waals surface area contributed by atoms with Crippen molar-refractivity contribution >= 4 is 11.6 Å². The van der Waals surface area contributed by atoms with Crippen LogP contribution in [0, 0.1) is 13.8 Å². The Hall–Kier alpha value is -1.67. The summed E-state index contributed by atoms with van der Waals surface area (Å²) >= 11 is 6.40. The number of aryl methyl sites for hydroxylation is 1. The summed E-state index contributed by atoms with van der Waals surface area (Å²) in [4.78, 5) is 0. The van der Waals surface area contributed by atoms with Crippen molar-refractivity contribution in [3.05, 3.63) is 56.6 Å². The van der Waals surface area contributed by atoms with Crippen molar-refractivity contribution in [2.75, 3.05) is 0 Å². The van der Waals surface area contributed by atoms with Gasteiger partial charge in [-0.3, -0.25) is 0 Å². The van der Waals surface area contributed by atoms with Gasteiger partial charge < -0.3 is 10.2 Å². The Morgan fingerprint density at radius 2 is 1.50 bits per heavy atom. The van der Waals surface area contributed by atoms with E-state index in [2.05, 4.69) is 13.8 Å². The second-order valence-corrected chi connectivity index (χ2v) is 7.63. The zero-order chi connectivity index (χ0) is 18.2. The summed E-state index contributed by atoms with van der Waals surface area (Å²) in [7, 11) is 0. The molecule has 2 N–H and O–H groups in total. The molecule has 0 heterocycles. The van der Waals surface area contributed by atoms with Crippen LogP contribution in [-0.2, 0) is 6.42 Å². The number of halogens is 1. The number of hydrogen-bond donors (Lipinski definition) is 2. The lowest BCUT2D eigenvalue weighted by Gasteiger charge is -2.19. The summed E-state index contributed by atoms with van der Waals surface area (Å²) in [5.41, 5.74) is 5.71. The number of aromatic hydroxyl groups is 2. The van der Waals surface area contributed by atoms with Crippen molar-refractivity contribution in [1.82, 2.24) is 0 Å². The molecule has 0 amide bonds. The second-order valence-electron chi connectivity index (χ2n) is 7.22. The van der Waals surface area contributed by atoms with Crippen LogP contribution >= 0.6 is 11.6 Å². The van der Waals surface area contributed by atoms with Gasteiger partial charge in [-0.05, 0) is 65.6 Å². The number of phenols is 2. The molecule has 2 aromatic carbocycles. The van der Waals surface area contributed by atoms with Gasteiger partial charge in [-0.1, -0.05) is 45.4 Å². The standard InChI is InChI=1S/C21H27ClO2/c1-11(2)16-8-15(13(5)7-20(16)23)9-18-14(6)19(22)10-17(12(3)4)21(18)24/h7-8,10-12,23-24H,9H2,1-6H3. The van der Waals surface area contributed by atoms with Crippen LogP contribution in [-0.4, -0.2) is 10.2 Å². The van der Waals surface area contributed by atoms with Gasteiger partial charge >= 0.3 is 0 Å². The highest BCUT2D eigenvalue weighted by molar-refractivity contribution is 6.31. The van der Waals surface area contributed by atoms with E-state index in [0.717, 1.165) is 33.4 Å². The first-order valence-corrected chi connectivity index (χ1v) is 8.84. The predicted octanol–water partition coefficient (Wildman–Crippen LogP) is 6.21. The van der Waals surface area contributed by atoms with Gasteiger partial charge in [-0.2, -0.15) is 0 Å². The summed E-state index contributed by atoms with van der Waals surface area (Å²) < 4.78 is 0. The molecule has 0 aromatic heterocycles. The zero-order valence-corrected chi connectivity index (χ0v) is 16.1. The largest absolute Gasteiger partial charge is 0.508 e. The Morgan fingerprint density at radius 3 is 2.04 bits per heavy atom. The Kier molecular flexibility index (Phi) is 5.49. The molecule has 0 spiro atoms.